The first kappa shape index (κ1) is 22.8. The number of nitrogens with one attached hydrogen (secondary N) is 1. The summed E-state index contributed by atoms with van der Waals surface area (Å²) in [6.07, 6.45) is 1.40. The number of amides is 1. The summed E-state index contributed by atoms with van der Waals surface area (Å²) in [5.74, 6) is -2.28. The van der Waals surface area contributed by atoms with Crippen LogP contribution in [-0.4, -0.2) is 28.1 Å². The van der Waals surface area contributed by atoms with Crippen molar-refractivity contribution >= 4 is 29.6 Å². The highest BCUT2D eigenvalue weighted by atomic mass is 16.5. The smallest absolute Gasteiger partial charge is 0.335 e. The highest BCUT2D eigenvalue weighted by Crippen LogP contribution is 2.18. The number of hydrogen-bond acceptors (Lipinski definition) is 5. The van der Waals surface area contributed by atoms with Crippen molar-refractivity contribution in [2.24, 2.45) is 0 Å². The van der Waals surface area contributed by atoms with Crippen molar-refractivity contribution in [3.05, 3.63) is 101 Å². The Labute approximate surface area is 189 Å². The summed E-state index contributed by atoms with van der Waals surface area (Å²) in [5, 5.41) is 30.0. The molecule has 0 aliphatic heterocycles. The Balaban J connectivity index is 1.65. The van der Waals surface area contributed by atoms with Gasteiger partial charge in [-0.25, -0.2) is 9.59 Å². The Morgan fingerprint density at radius 2 is 1.55 bits per heavy atom. The molecular weight excluding hydrogens is 424 g/mol. The number of nitriles is 1. The molecule has 164 valence electrons. The molecule has 0 spiro atoms. The number of carbonyl (C=O) groups is 3. The Bertz CT molecular complexity index is 1270. The van der Waals surface area contributed by atoms with Gasteiger partial charge in [0.25, 0.3) is 5.91 Å². The van der Waals surface area contributed by atoms with Crippen LogP contribution in [0.25, 0.3) is 6.08 Å². The SMILES string of the molecule is N#C/C(=C/c1ccc(OCc2cccc(C(=O)O)c2)cc1)C(=O)Nc1cccc(C(=O)O)c1. The van der Waals surface area contributed by atoms with Crippen molar-refractivity contribution in [2.75, 3.05) is 5.32 Å². The number of carboxylic acid groups (broad SMARTS) is 2. The van der Waals surface area contributed by atoms with E-state index in [1.807, 2.05) is 6.07 Å². The fourth-order valence-electron chi connectivity index (χ4n) is 2.86. The molecule has 0 heterocycles. The molecule has 1 amide bonds. The fraction of sp³-hybridized carbons (Fsp3) is 0.0400. The van der Waals surface area contributed by atoms with Gasteiger partial charge in [-0.1, -0.05) is 30.3 Å². The molecule has 8 nitrogen and oxygen atoms in total. The molecule has 0 aromatic heterocycles. The predicted molar refractivity (Wildman–Crippen MR) is 120 cm³/mol. The molecule has 3 aromatic carbocycles. The van der Waals surface area contributed by atoms with E-state index in [1.165, 1.54) is 42.5 Å². The molecule has 0 aliphatic rings. The van der Waals surface area contributed by atoms with Crippen molar-refractivity contribution in [3.8, 4) is 11.8 Å². The van der Waals surface area contributed by atoms with E-state index in [-0.39, 0.29) is 29.0 Å². The number of anilines is 1. The maximum atomic E-state index is 12.4. The highest BCUT2D eigenvalue weighted by Gasteiger charge is 2.11. The van der Waals surface area contributed by atoms with Gasteiger partial charge < -0.3 is 20.3 Å². The zero-order valence-electron chi connectivity index (χ0n) is 17.2. The van der Waals surface area contributed by atoms with E-state index in [0.29, 0.717) is 16.9 Å². The molecule has 0 fully saturated rings. The van der Waals surface area contributed by atoms with Gasteiger partial charge in [-0.3, -0.25) is 4.79 Å². The number of benzene rings is 3. The van der Waals surface area contributed by atoms with Crippen LogP contribution < -0.4 is 10.1 Å². The number of aromatic carboxylic acids is 2. The second-order valence-electron chi connectivity index (χ2n) is 6.87. The molecule has 0 bridgehead atoms. The van der Waals surface area contributed by atoms with Gasteiger partial charge in [0.2, 0.25) is 0 Å². The second-order valence-corrected chi connectivity index (χ2v) is 6.87. The fourth-order valence-corrected chi connectivity index (χ4v) is 2.86. The van der Waals surface area contributed by atoms with Crippen molar-refractivity contribution in [3.63, 3.8) is 0 Å². The van der Waals surface area contributed by atoms with E-state index in [2.05, 4.69) is 5.32 Å². The Morgan fingerprint density at radius 1 is 0.909 bits per heavy atom. The van der Waals surface area contributed by atoms with E-state index in [1.54, 1.807) is 36.4 Å². The third-order valence-electron chi connectivity index (χ3n) is 4.50. The zero-order chi connectivity index (χ0) is 23.8. The number of nitrogens with zero attached hydrogens (tertiary/aromatic N) is 1. The minimum absolute atomic E-state index is 0.0144. The normalized spacial score (nSPS) is 10.7. The molecular formula is C25H18N2O6. The lowest BCUT2D eigenvalue weighted by molar-refractivity contribution is -0.112. The van der Waals surface area contributed by atoms with Crippen LogP contribution in [0.15, 0.2) is 78.4 Å². The first-order valence-electron chi connectivity index (χ1n) is 9.67. The van der Waals surface area contributed by atoms with E-state index in [4.69, 9.17) is 14.9 Å². The topological polar surface area (TPSA) is 137 Å². The van der Waals surface area contributed by atoms with Crippen LogP contribution in [0.2, 0.25) is 0 Å². The van der Waals surface area contributed by atoms with Crippen molar-refractivity contribution in [1.29, 1.82) is 5.26 Å². The number of hydrogen-bond donors (Lipinski definition) is 3. The standard InChI is InChI=1S/C25H18N2O6/c26-14-20(23(28)27-21-6-2-5-19(13-21)25(31)32)11-16-7-9-22(10-8-16)33-15-17-3-1-4-18(12-17)24(29)30/h1-13H,15H2,(H,27,28)(H,29,30)(H,31,32)/b20-11-. The molecule has 3 N–H and O–H groups in total. The number of carboxylic acids is 2. The van der Waals surface area contributed by atoms with Gasteiger partial charge in [0, 0.05) is 5.69 Å². The maximum absolute atomic E-state index is 12.4. The average Bonchev–Trinajstić information content (AvgIpc) is 2.82. The first-order chi connectivity index (χ1) is 15.9. The monoisotopic (exact) mass is 442 g/mol. The molecule has 0 atom stereocenters. The van der Waals surface area contributed by atoms with E-state index in [0.717, 1.165) is 0 Å². The summed E-state index contributed by atoms with van der Waals surface area (Å²) >= 11 is 0. The van der Waals surface area contributed by atoms with Crippen LogP contribution in [0.4, 0.5) is 5.69 Å². The lowest BCUT2D eigenvalue weighted by Gasteiger charge is -2.08. The summed E-state index contributed by atoms with van der Waals surface area (Å²) in [7, 11) is 0. The van der Waals surface area contributed by atoms with Crippen LogP contribution in [0.3, 0.4) is 0 Å². The van der Waals surface area contributed by atoms with Crippen LogP contribution in [0, 0.1) is 11.3 Å². The summed E-state index contributed by atoms with van der Waals surface area (Å²) in [6.45, 7) is 0.178. The van der Waals surface area contributed by atoms with Gasteiger partial charge in [-0.2, -0.15) is 5.26 Å². The highest BCUT2D eigenvalue weighted by molar-refractivity contribution is 6.10. The number of ether oxygens (including phenoxy) is 1. The Hall–Kier alpha value is -4.90. The minimum atomic E-state index is -1.13. The van der Waals surface area contributed by atoms with Gasteiger partial charge in [0.15, 0.2) is 0 Å². The predicted octanol–water partition coefficient (Wildman–Crippen LogP) is 4.21. The third kappa shape index (κ3) is 6.29. The van der Waals surface area contributed by atoms with Crippen molar-refractivity contribution in [2.45, 2.75) is 6.61 Å². The molecule has 0 radical (unpaired) electrons. The largest absolute Gasteiger partial charge is 0.489 e. The van der Waals surface area contributed by atoms with Gasteiger partial charge in [-0.15, -0.1) is 0 Å². The summed E-state index contributed by atoms with van der Waals surface area (Å²) in [4.78, 5) is 34.5. The van der Waals surface area contributed by atoms with Crippen LogP contribution >= 0.6 is 0 Å². The van der Waals surface area contributed by atoms with Gasteiger partial charge in [-0.05, 0) is 59.7 Å². The molecule has 0 aliphatic carbocycles. The van der Waals surface area contributed by atoms with Crippen LogP contribution in [-0.2, 0) is 11.4 Å². The van der Waals surface area contributed by atoms with Gasteiger partial charge >= 0.3 is 11.9 Å². The molecule has 33 heavy (non-hydrogen) atoms. The Morgan fingerprint density at radius 3 is 2.18 bits per heavy atom. The van der Waals surface area contributed by atoms with E-state index >= 15 is 0 Å². The lowest BCUT2D eigenvalue weighted by Crippen LogP contribution is -2.13. The number of rotatable bonds is 8. The molecule has 0 saturated heterocycles. The quantitative estimate of drug-likeness (QED) is 0.351. The van der Waals surface area contributed by atoms with Crippen molar-refractivity contribution in [1.82, 2.24) is 0 Å². The first-order valence-corrected chi connectivity index (χ1v) is 9.67. The third-order valence-corrected chi connectivity index (χ3v) is 4.50. The Kier molecular flexibility index (Phi) is 7.19. The lowest BCUT2D eigenvalue weighted by atomic mass is 10.1. The average molecular weight is 442 g/mol. The molecule has 0 unspecified atom stereocenters. The van der Waals surface area contributed by atoms with Crippen LogP contribution in [0.5, 0.6) is 5.75 Å². The molecule has 0 saturated carbocycles. The number of carbonyl (C=O) groups excluding carboxylic acids is 1. The molecule has 3 aromatic rings. The zero-order valence-corrected chi connectivity index (χ0v) is 17.2. The van der Waals surface area contributed by atoms with Crippen molar-refractivity contribution < 1.29 is 29.3 Å². The van der Waals surface area contributed by atoms with E-state index < -0.39 is 17.8 Å². The van der Waals surface area contributed by atoms with Gasteiger partial charge in [0.05, 0.1) is 11.1 Å². The van der Waals surface area contributed by atoms with E-state index in [9.17, 15) is 19.6 Å². The van der Waals surface area contributed by atoms with Crippen LogP contribution in [0.1, 0.15) is 31.8 Å². The molecule has 3 rings (SSSR count). The van der Waals surface area contributed by atoms with Gasteiger partial charge in [0.1, 0.15) is 24.0 Å². The summed E-state index contributed by atoms with van der Waals surface area (Å²) in [5.41, 5.74) is 1.58. The maximum Gasteiger partial charge on any atom is 0.335 e. The minimum Gasteiger partial charge on any atom is -0.489 e. The summed E-state index contributed by atoms with van der Waals surface area (Å²) < 4.78 is 5.66. The molecule has 8 heteroatoms. The summed E-state index contributed by atoms with van der Waals surface area (Å²) in [6, 6.07) is 20.6. The second kappa shape index (κ2) is 10.4.